The van der Waals surface area contributed by atoms with E-state index in [1.165, 1.54) is 23.5 Å². The smallest absolute Gasteiger partial charge is 0.240 e. The van der Waals surface area contributed by atoms with Crippen molar-refractivity contribution in [1.29, 1.82) is 0 Å². The Morgan fingerprint density at radius 2 is 2.05 bits per heavy atom. The molecule has 20 heavy (non-hydrogen) atoms. The Balaban J connectivity index is 1.95. The van der Waals surface area contributed by atoms with E-state index in [2.05, 4.69) is 9.71 Å². The Hall–Kier alpha value is -1.44. The lowest BCUT2D eigenvalue weighted by Crippen LogP contribution is -2.25. The van der Waals surface area contributed by atoms with E-state index in [0.717, 1.165) is 5.01 Å². The lowest BCUT2D eigenvalue weighted by Gasteiger charge is -2.07. The molecule has 1 aromatic carbocycles. The zero-order valence-corrected chi connectivity index (χ0v) is 12.7. The van der Waals surface area contributed by atoms with Gasteiger partial charge in [-0.1, -0.05) is 0 Å². The first-order valence-corrected chi connectivity index (χ1v) is 8.59. The molecule has 1 heterocycles. The molecule has 1 N–H and O–H groups in total. The molecule has 0 bridgehead atoms. The number of rotatable bonds is 7. The minimum absolute atomic E-state index is 0.236. The second-order valence-corrected chi connectivity index (χ2v) is 6.72. The summed E-state index contributed by atoms with van der Waals surface area (Å²) in [7, 11) is -3.47. The van der Waals surface area contributed by atoms with Gasteiger partial charge < -0.3 is 4.74 Å². The van der Waals surface area contributed by atoms with Crippen LogP contribution in [0.4, 0.5) is 0 Å². The van der Waals surface area contributed by atoms with Gasteiger partial charge in [-0.3, -0.25) is 0 Å². The van der Waals surface area contributed by atoms with E-state index in [1.54, 1.807) is 18.3 Å². The highest BCUT2D eigenvalue weighted by atomic mass is 32.2. The first-order chi connectivity index (χ1) is 9.62. The van der Waals surface area contributed by atoms with Crippen LogP contribution in [0.15, 0.2) is 40.7 Å². The van der Waals surface area contributed by atoms with Gasteiger partial charge in [-0.25, -0.2) is 18.1 Å². The van der Waals surface area contributed by atoms with Crippen molar-refractivity contribution in [2.75, 3.05) is 13.2 Å². The van der Waals surface area contributed by atoms with Crippen LogP contribution in [0, 0.1) is 0 Å². The van der Waals surface area contributed by atoms with Crippen molar-refractivity contribution in [3.05, 3.63) is 40.8 Å². The molecule has 0 aliphatic heterocycles. The van der Waals surface area contributed by atoms with Gasteiger partial charge in [0, 0.05) is 24.5 Å². The number of aromatic nitrogens is 1. The van der Waals surface area contributed by atoms with E-state index in [1.807, 2.05) is 12.3 Å². The third-order valence-electron chi connectivity index (χ3n) is 2.56. The van der Waals surface area contributed by atoms with Gasteiger partial charge in [-0.15, -0.1) is 11.3 Å². The second kappa shape index (κ2) is 6.83. The zero-order valence-electron chi connectivity index (χ0n) is 11.1. The van der Waals surface area contributed by atoms with Crippen molar-refractivity contribution in [2.45, 2.75) is 18.2 Å². The monoisotopic (exact) mass is 312 g/mol. The largest absolute Gasteiger partial charge is 0.494 e. The first kappa shape index (κ1) is 15.0. The van der Waals surface area contributed by atoms with Gasteiger partial charge in [0.05, 0.1) is 16.5 Å². The molecule has 7 heteroatoms. The molecule has 0 atom stereocenters. The fourth-order valence-electron chi connectivity index (χ4n) is 1.63. The summed E-state index contributed by atoms with van der Waals surface area (Å²) in [6, 6.07) is 6.38. The average Bonchev–Trinajstić information content (AvgIpc) is 2.93. The molecular formula is C13H16N2O3S2. The Morgan fingerprint density at radius 1 is 1.30 bits per heavy atom. The van der Waals surface area contributed by atoms with Crippen LogP contribution < -0.4 is 9.46 Å². The molecule has 0 radical (unpaired) electrons. The Labute approximate surface area is 122 Å². The van der Waals surface area contributed by atoms with Crippen LogP contribution in [0.1, 0.15) is 11.9 Å². The zero-order chi connectivity index (χ0) is 14.4. The van der Waals surface area contributed by atoms with E-state index in [-0.39, 0.29) is 4.90 Å². The molecule has 0 aliphatic rings. The highest BCUT2D eigenvalue weighted by Gasteiger charge is 2.13. The first-order valence-electron chi connectivity index (χ1n) is 6.22. The predicted octanol–water partition coefficient (Wildman–Crippen LogP) is 2.06. The van der Waals surface area contributed by atoms with Gasteiger partial charge in [-0.05, 0) is 31.2 Å². The number of ether oxygens (including phenoxy) is 1. The maximum atomic E-state index is 12.1. The molecule has 0 fully saturated rings. The molecule has 5 nitrogen and oxygen atoms in total. The highest BCUT2D eigenvalue weighted by molar-refractivity contribution is 7.89. The summed E-state index contributed by atoms with van der Waals surface area (Å²) >= 11 is 1.51. The van der Waals surface area contributed by atoms with E-state index in [4.69, 9.17) is 4.74 Å². The Morgan fingerprint density at radius 3 is 2.65 bits per heavy atom. The minimum Gasteiger partial charge on any atom is -0.494 e. The lowest BCUT2D eigenvalue weighted by molar-refractivity contribution is 0.340. The lowest BCUT2D eigenvalue weighted by atomic mass is 10.3. The van der Waals surface area contributed by atoms with Gasteiger partial charge in [0.25, 0.3) is 0 Å². The molecule has 0 unspecified atom stereocenters. The summed E-state index contributed by atoms with van der Waals surface area (Å²) in [6.45, 7) is 2.77. The predicted molar refractivity (Wildman–Crippen MR) is 78.6 cm³/mol. The van der Waals surface area contributed by atoms with Crippen LogP contribution in [-0.2, 0) is 16.4 Å². The highest BCUT2D eigenvalue weighted by Crippen LogP contribution is 2.15. The van der Waals surface area contributed by atoms with Crippen LogP contribution in [-0.4, -0.2) is 26.6 Å². The standard InChI is InChI=1S/C13H16N2O3S2/c1-2-18-11-3-5-12(6-4-11)20(16,17)15-8-7-13-14-9-10-19-13/h3-6,9-10,15H,2,7-8H2,1H3. The van der Waals surface area contributed by atoms with Gasteiger partial charge in [0.2, 0.25) is 10.0 Å². The van der Waals surface area contributed by atoms with Gasteiger partial charge >= 0.3 is 0 Å². The molecule has 2 aromatic rings. The molecule has 2 rings (SSSR count). The fraction of sp³-hybridized carbons (Fsp3) is 0.308. The molecule has 0 saturated heterocycles. The molecular weight excluding hydrogens is 296 g/mol. The number of nitrogens with one attached hydrogen (secondary N) is 1. The van der Waals surface area contributed by atoms with Crippen molar-refractivity contribution in [3.8, 4) is 5.75 Å². The van der Waals surface area contributed by atoms with Crippen molar-refractivity contribution in [3.63, 3.8) is 0 Å². The summed E-state index contributed by atoms with van der Waals surface area (Å²) in [5, 5.41) is 2.79. The van der Waals surface area contributed by atoms with Crippen molar-refractivity contribution in [2.24, 2.45) is 0 Å². The normalized spacial score (nSPS) is 11.4. The average molecular weight is 312 g/mol. The number of nitrogens with zero attached hydrogens (tertiary/aromatic N) is 1. The molecule has 0 saturated carbocycles. The Kier molecular flexibility index (Phi) is 5.11. The quantitative estimate of drug-likeness (QED) is 0.850. The summed E-state index contributed by atoms with van der Waals surface area (Å²) in [5.41, 5.74) is 0. The minimum atomic E-state index is -3.47. The molecule has 0 amide bonds. The van der Waals surface area contributed by atoms with Crippen molar-refractivity contribution < 1.29 is 13.2 Å². The van der Waals surface area contributed by atoms with Gasteiger partial charge in [0.15, 0.2) is 0 Å². The van der Waals surface area contributed by atoms with Crippen LogP contribution in [0.5, 0.6) is 5.75 Å². The maximum absolute atomic E-state index is 12.1. The van der Waals surface area contributed by atoms with Gasteiger partial charge in [0.1, 0.15) is 5.75 Å². The van der Waals surface area contributed by atoms with E-state index in [0.29, 0.717) is 25.3 Å². The van der Waals surface area contributed by atoms with Crippen molar-refractivity contribution in [1.82, 2.24) is 9.71 Å². The van der Waals surface area contributed by atoms with E-state index >= 15 is 0 Å². The summed E-state index contributed by atoms with van der Waals surface area (Å²) in [5.74, 6) is 0.661. The number of hydrogen-bond donors (Lipinski definition) is 1. The summed E-state index contributed by atoms with van der Waals surface area (Å²) in [6.07, 6.45) is 2.30. The van der Waals surface area contributed by atoms with Crippen molar-refractivity contribution >= 4 is 21.4 Å². The Bertz CT molecular complexity index is 622. The number of hydrogen-bond acceptors (Lipinski definition) is 5. The number of thiazole rings is 1. The maximum Gasteiger partial charge on any atom is 0.240 e. The topological polar surface area (TPSA) is 68.3 Å². The van der Waals surface area contributed by atoms with Crippen LogP contribution >= 0.6 is 11.3 Å². The molecule has 1 aromatic heterocycles. The van der Waals surface area contributed by atoms with Crippen LogP contribution in [0.2, 0.25) is 0 Å². The van der Waals surface area contributed by atoms with Gasteiger partial charge in [-0.2, -0.15) is 0 Å². The molecule has 108 valence electrons. The van der Waals surface area contributed by atoms with E-state index < -0.39 is 10.0 Å². The second-order valence-electron chi connectivity index (χ2n) is 3.98. The third-order valence-corrected chi connectivity index (χ3v) is 4.88. The fourth-order valence-corrected chi connectivity index (χ4v) is 3.29. The number of sulfonamides is 1. The summed E-state index contributed by atoms with van der Waals surface area (Å²) in [4.78, 5) is 4.34. The summed E-state index contributed by atoms with van der Waals surface area (Å²) < 4.78 is 32.0. The molecule has 0 aliphatic carbocycles. The van der Waals surface area contributed by atoms with Crippen LogP contribution in [0.25, 0.3) is 0 Å². The van der Waals surface area contributed by atoms with Crippen LogP contribution in [0.3, 0.4) is 0 Å². The third kappa shape index (κ3) is 4.03. The van der Waals surface area contributed by atoms with E-state index in [9.17, 15) is 8.42 Å². The SMILES string of the molecule is CCOc1ccc(S(=O)(=O)NCCc2nccs2)cc1. The molecule has 0 spiro atoms. The number of benzene rings is 1.